The Kier molecular flexibility index (Phi) is 3.33. The number of hydrogen-bond acceptors (Lipinski definition) is 2. The minimum atomic E-state index is -0.399. The van der Waals surface area contributed by atoms with Crippen molar-refractivity contribution in [2.24, 2.45) is 0 Å². The highest BCUT2D eigenvalue weighted by molar-refractivity contribution is 9.10. The van der Waals surface area contributed by atoms with E-state index in [1.165, 1.54) is 6.07 Å². The number of ether oxygens (including phenoxy) is 1. The standard InChI is InChI=1S/C13H11BrFNO/c1-8-6-10(16)3-5-12(8)17-13-7-9(14)2-4-11(13)15/h2-7H,16H2,1H3. The molecule has 0 atom stereocenters. The molecule has 0 aromatic heterocycles. The summed E-state index contributed by atoms with van der Waals surface area (Å²) in [5.41, 5.74) is 7.16. The van der Waals surface area contributed by atoms with Gasteiger partial charge in [-0.2, -0.15) is 0 Å². The van der Waals surface area contributed by atoms with E-state index in [0.717, 1.165) is 10.0 Å². The first-order valence-electron chi connectivity index (χ1n) is 5.05. The van der Waals surface area contributed by atoms with E-state index >= 15 is 0 Å². The maximum Gasteiger partial charge on any atom is 0.165 e. The average molecular weight is 296 g/mol. The maximum absolute atomic E-state index is 13.5. The molecule has 0 aliphatic heterocycles. The van der Waals surface area contributed by atoms with Crippen molar-refractivity contribution in [2.45, 2.75) is 6.92 Å². The highest BCUT2D eigenvalue weighted by atomic mass is 79.9. The predicted molar refractivity (Wildman–Crippen MR) is 69.8 cm³/mol. The largest absolute Gasteiger partial charge is 0.454 e. The van der Waals surface area contributed by atoms with Gasteiger partial charge in [-0.15, -0.1) is 0 Å². The van der Waals surface area contributed by atoms with Crippen molar-refractivity contribution < 1.29 is 9.13 Å². The van der Waals surface area contributed by atoms with Crippen molar-refractivity contribution >= 4 is 21.6 Å². The van der Waals surface area contributed by atoms with Crippen LogP contribution in [0.3, 0.4) is 0 Å². The zero-order chi connectivity index (χ0) is 12.4. The van der Waals surface area contributed by atoms with Crippen LogP contribution in [-0.4, -0.2) is 0 Å². The first-order valence-corrected chi connectivity index (χ1v) is 5.84. The van der Waals surface area contributed by atoms with Gasteiger partial charge in [0, 0.05) is 10.2 Å². The summed E-state index contributed by atoms with van der Waals surface area (Å²) in [7, 11) is 0. The molecular formula is C13H11BrFNO. The van der Waals surface area contributed by atoms with E-state index in [1.54, 1.807) is 30.3 Å². The first kappa shape index (κ1) is 11.9. The van der Waals surface area contributed by atoms with Gasteiger partial charge in [0.2, 0.25) is 0 Å². The van der Waals surface area contributed by atoms with Crippen LogP contribution in [0.5, 0.6) is 11.5 Å². The normalized spacial score (nSPS) is 10.3. The van der Waals surface area contributed by atoms with Crippen LogP contribution < -0.4 is 10.5 Å². The molecule has 2 N–H and O–H groups in total. The van der Waals surface area contributed by atoms with E-state index in [0.29, 0.717) is 11.4 Å². The van der Waals surface area contributed by atoms with Gasteiger partial charge in [0.15, 0.2) is 11.6 Å². The van der Waals surface area contributed by atoms with Crippen molar-refractivity contribution in [1.29, 1.82) is 0 Å². The number of nitrogen functional groups attached to an aromatic ring is 1. The lowest BCUT2D eigenvalue weighted by molar-refractivity contribution is 0.439. The van der Waals surface area contributed by atoms with E-state index in [1.807, 2.05) is 6.92 Å². The monoisotopic (exact) mass is 295 g/mol. The number of halogens is 2. The van der Waals surface area contributed by atoms with E-state index in [-0.39, 0.29) is 5.75 Å². The minimum absolute atomic E-state index is 0.187. The number of benzene rings is 2. The maximum atomic E-state index is 13.5. The van der Waals surface area contributed by atoms with Crippen molar-refractivity contribution in [3.63, 3.8) is 0 Å². The van der Waals surface area contributed by atoms with Gasteiger partial charge >= 0.3 is 0 Å². The molecule has 0 aliphatic rings. The summed E-state index contributed by atoms with van der Waals surface area (Å²) in [6.45, 7) is 1.86. The third kappa shape index (κ3) is 2.77. The molecule has 0 aliphatic carbocycles. The van der Waals surface area contributed by atoms with Crippen LogP contribution in [-0.2, 0) is 0 Å². The molecule has 0 fully saturated rings. The number of aryl methyl sites for hydroxylation is 1. The van der Waals surface area contributed by atoms with Gasteiger partial charge in [0.25, 0.3) is 0 Å². The van der Waals surface area contributed by atoms with Gasteiger partial charge < -0.3 is 10.5 Å². The van der Waals surface area contributed by atoms with E-state index < -0.39 is 5.82 Å². The predicted octanol–water partition coefficient (Wildman–Crippen LogP) is 4.27. The Morgan fingerprint density at radius 3 is 2.59 bits per heavy atom. The smallest absolute Gasteiger partial charge is 0.165 e. The molecule has 0 unspecified atom stereocenters. The molecule has 0 saturated heterocycles. The van der Waals surface area contributed by atoms with Gasteiger partial charge in [-0.25, -0.2) is 4.39 Å². The minimum Gasteiger partial charge on any atom is -0.454 e. The Morgan fingerprint density at radius 1 is 1.12 bits per heavy atom. The molecule has 2 nitrogen and oxygen atoms in total. The summed E-state index contributed by atoms with van der Waals surface area (Å²) < 4.78 is 19.8. The lowest BCUT2D eigenvalue weighted by Gasteiger charge is -2.10. The van der Waals surface area contributed by atoms with Crippen LogP contribution in [0.1, 0.15) is 5.56 Å². The fourth-order valence-corrected chi connectivity index (χ4v) is 1.80. The number of anilines is 1. The van der Waals surface area contributed by atoms with Gasteiger partial charge in [-0.3, -0.25) is 0 Å². The Morgan fingerprint density at radius 2 is 1.88 bits per heavy atom. The molecule has 0 heterocycles. The van der Waals surface area contributed by atoms with Crippen LogP contribution >= 0.6 is 15.9 Å². The summed E-state index contributed by atoms with van der Waals surface area (Å²) in [6.07, 6.45) is 0. The van der Waals surface area contributed by atoms with E-state index in [4.69, 9.17) is 10.5 Å². The summed E-state index contributed by atoms with van der Waals surface area (Å²) >= 11 is 3.27. The molecule has 88 valence electrons. The molecule has 0 radical (unpaired) electrons. The fraction of sp³-hybridized carbons (Fsp3) is 0.0769. The van der Waals surface area contributed by atoms with Crippen molar-refractivity contribution in [1.82, 2.24) is 0 Å². The molecule has 0 saturated carbocycles. The van der Waals surface area contributed by atoms with Crippen LogP contribution in [0.25, 0.3) is 0 Å². The second kappa shape index (κ2) is 4.75. The third-order valence-electron chi connectivity index (χ3n) is 2.31. The topological polar surface area (TPSA) is 35.2 Å². The zero-order valence-corrected chi connectivity index (χ0v) is 10.8. The molecule has 0 bridgehead atoms. The molecule has 0 spiro atoms. The Labute approximate surface area is 107 Å². The summed E-state index contributed by atoms with van der Waals surface area (Å²) in [4.78, 5) is 0. The average Bonchev–Trinajstić information content (AvgIpc) is 2.27. The fourth-order valence-electron chi connectivity index (χ4n) is 1.46. The van der Waals surface area contributed by atoms with Crippen LogP contribution in [0.15, 0.2) is 40.9 Å². The lowest BCUT2D eigenvalue weighted by Crippen LogP contribution is -1.92. The number of rotatable bonds is 2. The van der Waals surface area contributed by atoms with Crippen molar-refractivity contribution in [2.75, 3.05) is 5.73 Å². The summed E-state index contributed by atoms with van der Waals surface area (Å²) in [5, 5.41) is 0. The second-order valence-electron chi connectivity index (χ2n) is 3.70. The van der Waals surface area contributed by atoms with Crippen LogP contribution in [0, 0.1) is 12.7 Å². The van der Waals surface area contributed by atoms with E-state index in [9.17, 15) is 4.39 Å². The Balaban J connectivity index is 2.34. The number of hydrogen-bond donors (Lipinski definition) is 1. The van der Waals surface area contributed by atoms with Crippen LogP contribution in [0.2, 0.25) is 0 Å². The SMILES string of the molecule is Cc1cc(N)ccc1Oc1cc(Br)ccc1F. The van der Waals surface area contributed by atoms with Crippen molar-refractivity contribution in [3.8, 4) is 11.5 Å². The highest BCUT2D eigenvalue weighted by Crippen LogP contribution is 2.30. The quantitative estimate of drug-likeness (QED) is 0.840. The third-order valence-corrected chi connectivity index (χ3v) is 2.81. The van der Waals surface area contributed by atoms with Gasteiger partial charge in [0.1, 0.15) is 5.75 Å². The first-order chi connectivity index (χ1) is 8.06. The lowest BCUT2D eigenvalue weighted by atomic mass is 10.2. The number of nitrogens with two attached hydrogens (primary N) is 1. The van der Waals surface area contributed by atoms with Gasteiger partial charge in [-0.1, -0.05) is 15.9 Å². The molecule has 0 amide bonds. The zero-order valence-electron chi connectivity index (χ0n) is 9.21. The second-order valence-corrected chi connectivity index (χ2v) is 4.62. The molecule has 2 rings (SSSR count). The molecule has 4 heteroatoms. The molecule has 17 heavy (non-hydrogen) atoms. The van der Waals surface area contributed by atoms with Crippen molar-refractivity contribution in [3.05, 3.63) is 52.3 Å². The van der Waals surface area contributed by atoms with Gasteiger partial charge in [0.05, 0.1) is 0 Å². The van der Waals surface area contributed by atoms with Gasteiger partial charge in [-0.05, 0) is 48.9 Å². The van der Waals surface area contributed by atoms with E-state index in [2.05, 4.69) is 15.9 Å². The highest BCUT2D eigenvalue weighted by Gasteiger charge is 2.07. The molecular weight excluding hydrogens is 285 g/mol. The molecule has 2 aromatic carbocycles. The molecule has 2 aromatic rings. The Hall–Kier alpha value is -1.55. The summed E-state index contributed by atoms with van der Waals surface area (Å²) in [5.74, 6) is 0.382. The Bertz CT molecular complexity index is 557. The van der Waals surface area contributed by atoms with Crippen LogP contribution in [0.4, 0.5) is 10.1 Å². The summed E-state index contributed by atoms with van der Waals surface area (Å²) in [6, 6.07) is 9.80.